The van der Waals surface area contributed by atoms with Crippen LogP contribution < -0.4 is 5.32 Å². The molecule has 1 heterocycles. The molecule has 0 bridgehead atoms. The van der Waals surface area contributed by atoms with Gasteiger partial charge in [0.05, 0.1) is 0 Å². The fourth-order valence-electron chi connectivity index (χ4n) is 2.14. The largest absolute Gasteiger partial charge is 0.310 e. The number of hydrogen-bond acceptors (Lipinski definition) is 2. The van der Waals surface area contributed by atoms with Gasteiger partial charge in [-0.3, -0.25) is 0 Å². The lowest BCUT2D eigenvalue weighted by molar-refractivity contribution is 0.453. The van der Waals surface area contributed by atoms with Crippen LogP contribution in [0.25, 0.3) is 0 Å². The van der Waals surface area contributed by atoms with Crippen LogP contribution in [0.15, 0.2) is 35.7 Å². The van der Waals surface area contributed by atoms with Gasteiger partial charge in [-0.15, -0.1) is 11.3 Å². The molecule has 1 nitrogen and oxygen atoms in total. The van der Waals surface area contributed by atoms with Crippen molar-refractivity contribution in [2.24, 2.45) is 0 Å². The molecule has 1 unspecified atom stereocenters. The van der Waals surface area contributed by atoms with Crippen molar-refractivity contribution in [3.05, 3.63) is 57.8 Å². The predicted molar refractivity (Wildman–Crippen MR) is 75.4 cm³/mol. The van der Waals surface area contributed by atoms with Crippen LogP contribution >= 0.6 is 11.3 Å². The maximum Gasteiger partial charge on any atom is 0.163 e. The molecule has 102 valence electrons. The summed E-state index contributed by atoms with van der Waals surface area (Å²) in [6.45, 7) is 2.69. The summed E-state index contributed by atoms with van der Waals surface area (Å²) in [4.78, 5) is 1.26. The Labute approximate surface area is 116 Å². The summed E-state index contributed by atoms with van der Waals surface area (Å²) in [5, 5.41) is 5.26. The van der Waals surface area contributed by atoms with E-state index in [1.54, 1.807) is 23.5 Å². The Morgan fingerprint density at radius 1 is 1.21 bits per heavy atom. The van der Waals surface area contributed by atoms with Gasteiger partial charge in [-0.2, -0.15) is 0 Å². The minimum Gasteiger partial charge on any atom is -0.310 e. The van der Waals surface area contributed by atoms with Crippen LogP contribution in [-0.4, -0.2) is 6.54 Å². The van der Waals surface area contributed by atoms with E-state index in [4.69, 9.17) is 0 Å². The Hall–Kier alpha value is -1.26. The highest BCUT2D eigenvalue weighted by atomic mass is 32.1. The Bertz CT molecular complexity index is 511. The highest BCUT2D eigenvalue weighted by Gasteiger charge is 2.17. The average Bonchev–Trinajstić information content (AvgIpc) is 2.91. The van der Waals surface area contributed by atoms with E-state index in [1.165, 1.54) is 4.88 Å². The van der Waals surface area contributed by atoms with Crippen molar-refractivity contribution in [3.8, 4) is 0 Å². The van der Waals surface area contributed by atoms with Gasteiger partial charge in [0.25, 0.3) is 0 Å². The minimum atomic E-state index is -0.781. The van der Waals surface area contributed by atoms with Gasteiger partial charge in [0.15, 0.2) is 11.6 Å². The van der Waals surface area contributed by atoms with Crippen LogP contribution in [-0.2, 0) is 6.42 Å². The van der Waals surface area contributed by atoms with Crippen molar-refractivity contribution < 1.29 is 8.78 Å². The lowest BCUT2D eigenvalue weighted by atomic mass is 10.0. The first kappa shape index (κ1) is 14.2. The smallest absolute Gasteiger partial charge is 0.163 e. The zero-order valence-electron chi connectivity index (χ0n) is 10.8. The maximum absolute atomic E-state index is 13.8. The van der Waals surface area contributed by atoms with Crippen LogP contribution in [0.4, 0.5) is 8.78 Å². The highest BCUT2D eigenvalue weighted by molar-refractivity contribution is 7.09. The lowest BCUT2D eigenvalue weighted by Crippen LogP contribution is -2.22. The summed E-state index contributed by atoms with van der Waals surface area (Å²) in [7, 11) is 0. The number of benzene rings is 1. The molecule has 4 heteroatoms. The fraction of sp³-hybridized carbons (Fsp3) is 0.333. The molecule has 1 atom stereocenters. The minimum absolute atomic E-state index is 0.150. The molecule has 0 amide bonds. The number of nitrogens with one attached hydrogen (secondary N) is 1. The summed E-state index contributed by atoms with van der Waals surface area (Å²) in [5.74, 6) is -1.52. The molecule has 0 fully saturated rings. The van der Waals surface area contributed by atoms with Gasteiger partial charge in [0, 0.05) is 16.5 Å². The van der Waals surface area contributed by atoms with Gasteiger partial charge in [0.2, 0.25) is 0 Å². The molecule has 0 saturated heterocycles. The van der Waals surface area contributed by atoms with Crippen LogP contribution in [0.5, 0.6) is 0 Å². The molecule has 0 aliphatic carbocycles. The molecule has 0 saturated carbocycles. The quantitative estimate of drug-likeness (QED) is 0.832. The normalized spacial score (nSPS) is 12.6. The molecular formula is C15H17F2NS. The predicted octanol–water partition coefficient (Wildman–Crippen LogP) is 4.31. The van der Waals surface area contributed by atoms with Gasteiger partial charge >= 0.3 is 0 Å². The molecule has 2 rings (SSSR count). The number of rotatable bonds is 6. The van der Waals surface area contributed by atoms with Crippen LogP contribution in [0.3, 0.4) is 0 Å². The van der Waals surface area contributed by atoms with Crippen molar-refractivity contribution in [1.82, 2.24) is 5.32 Å². The van der Waals surface area contributed by atoms with Crippen LogP contribution in [0.2, 0.25) is 0 Å². The summed E-state index contributed by atoms with van der Waals surface area (Å²) < 4.78 is 27.1. The molecule has 0 aliphatic heterocycles. The molecular weight excluding hydrogens is 264 g/mol. The monoisotopic (exact) mass is 281 g/mol. The molecule has 0 radical (unpaired) electrons. The zero-order chi connectivity index (χ0) is 13.7. The Morgan fingerprint density at radius 2 is 2.05 bits per heavy atom. The summed E-state index contributed by atoms with van der Waals surface area (Å²) in [6, 6.07) is 8.29. The third-order valence-electron chi connectivity index (χ3n) is 3.07. The van der Waals surface area contributed by atoms with Gasteiger partial charge in [-0.05, 0) is 36.9 Å². The zero-order valence-corrected chi connectivity index (χ0v) is 11.6. The second-order valence-corrected chi connectivity index (χ2v) is 5.40. The summed E-state index contributed by atoms with van der Waals surface area (Å²) in [6.07, 6.45) is 1.63. The number of hydrogen-bond donors (Lipinski definition) is 1. The van der Waals surface area contributed by atoms with E-state index in [9.17, 15) is 8.78 Å². The van der Waals surface area contributed by atoms with Crippen LogP contribution in [0, 0.1) is 11.6 Å². The van der Waals surface area contributed by atoms with Gasteiger partial charge in [0.1, 0.15) is 0 Å². The molecule has 19 heavy (non-hydrogen) atoms. The van der Waals surface area contributed by atoms with Crippen molar-refractivity contribution >= 4 is 11.3 Å². The molecule has 0 aliphatic rings. The molecule has 1 aromatic carbocycles. The fourth-order valence-corrected chi connectivity index (χ4v) is 2.87. The second-order valence-electron chi connectivity index (χ2n) is 4.37. The van der Waals surface area contributed by atoms with Crippen molar-refractivity contribution in [2.45, 2.75) is 25.8 Å². The summed E-state index contributed by atoms with van der Waals surface area (Å²) in [5.41, 5.74) is 0.415. The van der Waals surface area contributed by atoms with Crippen molar-refractivity contribution in [3.63, 3.8) is 0 Å². The highest BCUT2D eigenvalue weighted by Crippen LogP contribution is 2.24. The molecule has 0 spiro atoms. The Balaban J connectivity index is 2.12. The second kappa shape index (κ2) is 6.78. The average molecular weight is 281 g/mol. The first-order valence-electron chi connectivity index (χ1n) is 6.42. The van der Waals surface area contributed by atoms with Gasteiger partial charge in [-0.1, -0.05) is 25.1 Å². The van der Waals surface area contributed by atoms with E-state index in [0.29, 0.717) is 5.56 Å². The van der Waals surface area contributed by atoms with E-state index in [-0.39, 0.29) is 6.04 Å². The topological polar surface area (TPSA) is 12.0 Å². The van der Waals surface area contributed by atoms with E-state index >= 15 is 0 Å². The van der Waals surface area contributed by atoms with E-state index < -0.39 is 11.6 Å². The van der Waals surface area contributed by atoms with Gasteiger partial charge in [-0.25, -0.2) is 8.78 Å². The lowest BCUT2D eigenvalue weighted by Gasteiger charge is -2.18. The van der Waals surface area contributed by atoms with E-state index in [2.05, 4.69) is 11.4 Å². The van der Waals surface area contributed by atoms with Crippen molar-refractivity contribution in [1.29, 1.82) is 0 Å². The Kier molecular flexibility index (Phi) is 5.05. The van der Waals surface area contributed by atoms with Gasteiger partial charge < -0.3 is 5.32 Å². The third-order valence-corrected chi connectivity index (χ3v) is 4.00. The third kappa shape index (κ3) is 3.61. The SMILES string of the molecule is CCNC(CCc1cccs1)c1cccc(F)c1F. The first-order valence-corrected chi connectivity index (χ1v) is 7.30. The number of aryl methyl sites for hydroxylation is 1. The Morgan fingerprint density at radius 3 is 2.74 bits per heavy atom. The molecule has 1 aromatic heterocycles. The van der Waals surface area contributed by atoms with Crippen LogP contribution in [0.1, 0.15) is 29.8 Å². The van der Waals surface area contributed by atoms with E-state index in [1.807, 2.05) is 18.4 Å². The number of thiophene rings is 1. The van der Waals surface area contributed by atoms with Crippen molar-refractivity contribution in [2.75, 3.05) is 6.54 Å². The molecule has 2 aromatic rings. The molecule has 1 N–H and O–H groups in total. The summed E-state index contributed by atoms with van der Waals surface area (Å²) >= 11 is 1.69. The standard InChI is InChI=1S/C15H17F2NS/c1-2-18-14(9-8-11-5-4-10-19-11)12-6-3-7-13(16)15(12)17/h3-7,10,14,18H,2,8-9H2,1H3. The first-order chi connectivity index (χ1) is 9.22. The maximum atomic E-state index is 13.8. The van der Waals surface area contributed by atoms with E-state index in [0.717, 1.165) is 25.5 Å². The number of halogens is 2.